The van der Waals surface area contributed by atoms with Crippen molar-refractivity contribution in [2.24, 2.45) is 0 Å². The van der Waals surface area contributed by atoms with E-state index in [-0.39, 0.29) is 6.61 Å². The van der Waals surface area contributed by atoms with Crippen LogP contribution in [0.15, 0.2) is 54.6 Å². The lowest BCUT2D eigenvalue weighted by atomic mass is 10.2. The van der Waals surface area contributed by atoms with Crippen molar-refractivity contribution < 1.29 is 14.7 Å². The topological polar surface area (TPSA) is 70.6 Å². The number of benzene rings is 2. The SMILES string of the molecule is O=C(Nc1cccc(NO)c1)OCc1ccccc1. The van der Waals surface area contributed by atoms with Crippen LogP contribution in [0.1, 0.15) is 5.56 Å². The van der Waals surface area contributed by atoms with Gasteiger partial charge in [-0.25, -0.2) is 4.79 Å². The predicted octanol–water partition coefficient (Wildman–Crippen LogP) is 3.24. The van der Waals surface area contributed by atoms with E-state index in [1.807, 2.05) is 35.8 Å². The Labute approximate surface area is 110 Å². The molecule has 2 rings (SSSR count). The molecule has 2 aromatic carbocycles. The first-order valence-electron chi connectivity index (χ1n) is 5.76. The Kier molecular flexibility index (Phi) is 4.36. The molecule has 5 heteroatoms. The summed E-state index contributed by atoms with van der Waals surface area (Å²) in [5.74, 6) is 0. The third kappa shape index (κ3) is 4.01. The Balaban J connectivity index is 1.87. The van der Waals surface area contributed by atoms with E-state index >= 15 is 0 Å². The number of carbonyl (C=O) groups excluding carboxylic acids is 1. The van der Waals surface area contributed by atoms with Gasteiger partial charge < -0.3 is 4.74 Å². The number of hydrogen-bond acceptors (Lipinski definition) is 4. The fourth-order valence-electron chi connectivity index (χ4n) is 1.54. The normalized spacial score (nSPS) is 9.74. The highest BCUT2D eigenvalue weighted by Gasteiger charge is 2.04. The summed E-state index contributed by atoms with van der Waals surface area (Å²) in [6, 6.07) is 16.1. The molecule has 19 heavy (non-hydrogen) atoms. The largest absolute Gasteiger partial charge is 0.444 e. The second-order valence-corrected chi connectivity index (χ2v) is 3.88. The van der Waals surface area contributed by atoms with Crippen LogP contribution in [0.25, 0.3) is 0 Å². The minimum Gasteiger partial charge on any atom is -0.444 e. The Bertz CT molecular complexity index is 543. The van der Waals surface area contributed by atoms with Gasteiger partial charge in [-0.1, -0.05) is 36.4 Å². The Morgan fingerprint density at radius 3 is 2.53 bits per heavy atom. The van der Waals surface area contributed by atoms with Crippen LogP contribution < -0.4 is 10.8 Å². The molecule has 98 valence electrons. The standard InChI is InChI=1S/C14H14N2O3/c17-14(19-10-11-5-2-1-3-6-11)15-12-7-4-8-13(9-12)16-18/h1-9,16,18H,10H2,(H,15,17). The van der Waals surface area contributed by atoms with Gasteiger partial charge in [-0.15, -0.1) is 0 Å². The highest BCUT2D eigenvalue weighted by molar-refractivity contribution is 5.85. The summed E-state index contributed by atoms with van der Waals surface area (Å²) in [5, 5.41) is 11.3. The fraction of sp³-hybridized carbons (Fsp3) is 0.0714. The lowest BCUT2D eigenvalue weighted by Crippen LogP contribution is -2.13. The van der Waals surface area contributed by atoms with E-state index in [0.717, 1.165) is 5.56 Å². The van der Waals surface area contributed by atoms with Crippen molar-refractivity contribution in [2.75, 3.05) is 10.8 Å². The number of nitrogens with one attached hydrogen (secondary N) is 2. The lowest BCUT2D eigenvalue weighted by molar-refractivity contribution is 0.155. The fourth-order valence-corrected chi connectivity index (χ4v) is 1.54. The smallest absolute Gasteiger partial charge is 0.411 e. The molecule has 5 nitrogen and oxygen atoms in total. The summed E-state index contributed by atoms with van der Waals surface area (Å²) in [6.45, 7) is 0.213. The number of hydrogen-bond donors (Lipinski definition) is 3. The maximum absolute atomic E-state index is 11.6. The zero-order valence-corrected chi connectivity index (χ0v) is 10.2. The van der Waals surface area contributed by atoms with E-state index in [9.17, 15) is 4.79 Å². The zero-order valence-electron chi connectivity index (χ0n) is 10.2. The highest BCUT2D eigenvalue weighted by atomic mass is 16.5. The number of rotatable bonds is 4. The first-order valence-corrected chi connectivity index (χ1v) is 5.76. The molecule has 0 unspecified atom stereocenters. The minimum atomic E-state index is -0.543. The van der Waals surface area contributed by atoms with Gasteiger partial charge in [-0.2, -0.15) is 0 Å². The van der Waals surface area contributed by atoms with Crippen LogP contribution in [0.3, 0.4) is 0 Å². The van der Waals surface area contributed by atoms with E-state index in [1.165, 1.54) is 0 Å². The lowest BCUT2D eigenvalue weighted by Gasteiger charge is -2.08. The van der Waals surface area contributed by atoms with E-state index in [1.54, 1.807) is 24.3 Å². The number of ether oxygens (including phenoxy) is 1. The van der Waals surface area contributed by atoms with E-state index < -0.39 is 6.09 Å². The van der Waals surface area contributed by atoms with Gasteiger partial charge in [0.2, 0.25) is 0 Å². The summed E-state index contributed by atoms with van der Waals surface area (Å²) >= 11 is 0. The van der Waals surface area contributed by atoms with E-state index in [0.29, 0.717) is 11.4 Å². The molecule has 0 radical (unpaired) electrons. The molecular weight excluding hydrogens is 244 g/mol. The van der Waals surface area contributed by atoms with Crippen LogP contribution in [0, 0.1) is 0 Å². The van der Waals surface area contributed by atoms with Gasteiger partial charge in [0.1, 0.15) is 6.61 Å². The summed E-state index contributed by atoms with van der Waals surface area (Å²) in [5.41, 5.74) is 3.95. The molecule has 0 saturated carbocycles. The molecule has 0 spiro atoms. The average molecular weight is 258 g/mol. The molecule has 0 aromatic heterocycles. The van der Waals surface area contributed by atoms with Crippen molar-refractivity contribution in [1.82, 2.24) is 0 Å². The second kappa shape index (κ2) is 6.42. The quantitative estimate of drug-likeness (QED) is 0.736. The maximum atomic E-state index is 11.6. The van der Waals surface area contributed by atoms with E-state index in [2.05, 4.69) is 5.32 Å². The maximum Gasteiger partial charge on any atom is 0.411 e. The van der Waals surface area contributed by atoms with Gasteiger partial charge in [0.25, 0.3) is 0 Å². The van der Waals surface area contributed by atoms with Crippen molar-refractivity contribution in [3.63, 3.8) is 0 Å². The van der Waals surface area contributed by atoms with Crippen LogP contribution in [0.4, 0.5) is 16.2 Å². The first kappa shape index (κ1) is 12.9. The molecule has 0 fully saturated rings. The summed E-state index contributed by atoms with van der Waals surface area (Å²) in [4.78, 5) is 11.6. The van der Waals surface area contributed by atoms with Gasteiger partial charge in [-0.3, -0.25) is 16.0 Å². The Morgan fingerprint density at radius 2 is 1.79 bits per heavy atom. The van der Waals surface area contributed by atoms with Gasteiger partial charge in [0.05, 0.1) is 5.69 Å². The minimum absolute atomic E-state index is 0.213. The second-order valence-electron chi connectivity index (χ2n) is 3.88. The zero-order chi connectivity index (χ0) is 13.5. The number of amides is 1. The third-order valence-corrected chi connectivity index (χ3v) is 2.45. The predicted molar refractivity (Wildman–Crippen MR) is 72.1 cm³/mol. The van der Waals surface area contributed by atoms with Gasteiger partial charge in [0.15, 0.2) is 0 Å². The summed E-state index contributed by atoms with van der Waals surface area (Å²) in [6.07, 6.45) is -0.543. The summed E-state index contributed by atoms with van der Waals surface area (Å²) in [7, 11) is 0. The van der Waals surface area contributed by atoms with Crippen LogP contribution in [-0.4, -0.2) is 11.3 Å². The van der Waals surface area contributed by atoms with Crippen molar-refractivity contribution in [3.05, 3.63) is 60.2 Å². The molecule has 0 aliphatic rings. The first-order chi connectivity index (χ1) is 9.28. The molecule has 1 amide bonds. The average Bonchev–Trinajstić information content (AvgIpc) is 2.46. The van der Waals surface area contributed by atoms with Crippen LogP contribution in [0.2, 0.25) is 0 Å². The molecule has 3 N–H and O–H groups in total. The molecule has 0 heterocycles. The Morgan fingerprint density at radius 1 is 1.05 bits per heavy atom. The molecular formula is C14H14N2O3. The molecule has 2 aromatic rings. The molecule has 0 atom stereocenters. The van der Waals surface area contributed by atoms with Crippen molar-refractivity contribution in [2.45, 2.75) is 6.61 Å². The van der Waals surface area contributed by atoms with Gasteiger partial charge >= 0.3 is 6.09 Å². The van der Waals surface area contributed by atoms with Crippen molar-refractivity contribution in [3.8, 4) is 0 Å². The Hall–Kier alpha value is -2.53. The molecule has 0 aliphatic heterocycles. The summed E-state index contributed by atoms with van der Waals surface area (Å²) < 4.78 is 5.07. The molecule has 0 aliphatic carbocycles. The third-order valence-electron chi connectivity index (χ3n) is 2.45. The highest BCUT2D eigenvalue weighted by Crippen LogP contribution is 2.14. The van der Waals surface area contributed by atoms with E-state index in [4.69, 9.17) is 9.94 Å². The van der Waals surface area contributed by atoms with Crippen LogP contribution in [-0.2, 0) is 11.3 Å². The number of carbonyl (C=O) groups is 1. The number of anilines is 2. The van der Waals surface area contributed by atoms with Crippen molar-refractivity contribution in [1.29, 1.82) is 0 Å². The van der Waals surface area contributed by atoms with Crippen LogP contribution >= 0.6 is 0 Å². The molecule has 0 bridgehead atoms. The van der Waals surface area contributed by atoms with Gasteiger partial charge in [-0.05, 0) is 23.8 Å². The van der Waals surface area contributed by atoms with Gasteiger partial charge in [0, 0.05) is 5.69 Å². The molecule has 0 saturated heterocycles. The monoisotopic (exact) mass is 258 g/mol. The van der Waals surface area contributed by atoms with Crippen molar-refractivity contribution >= 4 is 17.5 Å². The van der Waals surface area contributed by atoms with Crippen LogP contribution in [0.5, 0.6) is 0 Å².